The van der Waals surface area contributed by atoms with Crippen LogP contribution in [-0.2, 0) is 32.7 Å². The molecule has 0 amide bonds. The summed E-state index contributed by atoms with van der Waals surface area (Å²) in [6.45, 7) is 0. The van der Waals surface area contributed by atoms with E-state index in [1.807, 2.05) is 0 Å². The molecule has 0 unspecified atom stereocenters. The van der Waals surface area contributed by atoms with Gasteiger partial charge < -0.3 is 5.32 Å². The molecule has 0 saturated carbocycles. The van der Waals surface area contributed by atoms with Crippen molar-refractivity contribution in [3.05, 3.63) is 41.4 Å². The number of anilines is 1. The zero-order valence-corrected chi connectivity index (χ0v) is 9.20. The third-order valence-electron chi connectivity index (χ3n) is 1.29. The molecule has 1 N–H and O–H groups in total. The van der Waals surface area contributed by atoms with E-state index in [4.69, 9.17) is 0 Å². The van der Waals surface area contributed by atoms with Gasteiger partial charge in [-0.05, 0) is 6.07 Å². The van der Waals surface area contributed by atoms with E-state index in [0.29, 0.717) is 5.69 Å². The molecule has 0 bridgehead atoms. The first kappa shape index (κ1) is 11.5. The Morgan fingerprint density at radius 1 is 1.42 bits per heavy atom. The molecule has 0 atom stereocenters. The maximum atomic E-state index is 10.3. The van der Waals surface area contributed by atoms with Crippen molar-refractivity contribution in [2.75, 3.05) is 5.32 Å². The molecule has 1 rings (SSSR count). The molecule has 0 aliphatic heterocycles. The van der Waals surface area contributed by atoms with Crippen molar-refractivity contribution >= 4 is 11.4 Å². The average molecular weight is 240 g/mol. The van der Waals surface area contributed by atoms with Gasteiger partial charge in [-0.3, -0.25) is 17.2 Å². The maximum Gasteiger partial charge on any atom is 0.289 e. The molecule has 0 saturated heterocycles. The summed E-state index contributed by atoms with van der Waals surface area (Å²) in [6, 6.07) is 6.35. The van der Waals surface area contributed by atoms with Crippen LogP contribution in [0.1, 0.15) is 0 Å². The van der Waals surface area contributed by atoms with E-state index < -0.39 is 4.92 Å². The first-order valence-corrected chi connectivity index (χ1v) is 3.02. The second-order valence-electron chi connectivity index (χ2n) is 1.95. The summed E-state index contributed by atoms with van der Waals surface area (Å²) in [5, 5.41) is 12.8. The van der Waals surface area contributed by atoms with Crippen molar-refractivity contribution in [1.29, 1.82) is 0 Å². The van der Waals surface area contributed by atoms with E-state index in [9.17, 15) is 10.1 Å². The van der Waals surface area contributed by atoms with Crippen LogP contribution in [0.25, 0.3) is 0 Å². The van der Waals surface area contributed by atoms with Gasteiger partial charge in [-0.25, -0.2) is 0 Å². The first-order valence-electron chi connectivity index (χ1n) is 3.02. The topological polar surface area (TPSA) is 55.2 Å². The van der Waals surface area contributed by atoms with Gasteiger partial charge in [0.15, 0.2) is 0 Å². The molecular formula is C7H7N2O2Y-. The van der Waals surface area contributed by atoms with Gasteiger partial charge >= 0.3 is 0 Å². The SMILES string of the molecule is [CH2-]Nc1ccccc1[N+](=O)[O-].[Y]. The van der Waals surface area contributed by atoms with Crippen LogP contribution in [0.4, 0.5) is 11.4 Å². The van der Waals surface area contributed by atoms with Crippen molar-refractivity contribution < 1.29 is 37.6 Å². The molecule has 1 radical (unpaired) electrons. The van der Waals surface area contributed by atoms with Crippen molar-refractivity contribution in [3.8, 4) is 0 Å². The summed E-state index contributed by atoms with van der Waals surface area (Å²) in [7, 11) is 3.34. The quantitative estimate of drug-likeness (QED) is 0.487. The minimum absolute atomic E-state index is 0. The predicted molar refractivity (Wildman–Crippen MR) is 42.1 cm³/mol. The Hall–Kier alpha value is -0.476. The number of para-hydroxylation sites is 2. The summed E-state index contributed by atoms with van der Waals surface area (Å²) in [4.78, 5) is 9.87. The van der Waals surface area contributed by atoms with E-state index in [1.54, 1.807) is 18.2 Å². The number of rotatable bonds is 2. The zero-order chi connectivity index (χ0) is 8.27. The average Bonchev–Trinajstić information content (AvgIpc) is 2.04. The summed E-state index contributed by atoms with van der Waals surface area (Å²) in [5.74, 6) is 0. The van der Waals surface area contributed by atoms with Gasteiger partial charge in [0.05, 0.1) is 10.6 Å². The van der Waals surface area contributed by atoms with Gasteiger partial charge in [0.1, 0.15) is 0 Å². The summed E-state index contributed by atoms with van der Waals surface area (Å²) < 4.78 is 0. The van der Waals surface area contributed by atoms with Crippen molar-refractivity contribution in [2.45, 2.75) is 0 Å². The van der Waals surface area contributed by atoms with Crippen LogP contribution in [0.5, 0.6) is 0 Å². The summed E-state index contributed by atoms with van der Waals surface area (Å²) in [5.41, 5.74) is 0.472. The predicted octanol–water partition coefficient (Wildman–Crippen LogP) is 1.80. The molecule has 0 heterocycles. The second kappa shape index (κ2) is 5.22. The smallest absolute Gasteiger partial charge is 0.289 e. The van der Waals surface area contributed by atoms with Gasteiger partial charge in [-0.2, -0.15) is 0 Å². The molecule has 0 aliphatic rings. The van der Waals surface area contributed by atoms with Gasteiger partial charge in [-0.1, -0.05) is 12.1 Å². The Labute approximate surface area is 95.4 Å². The Morgan fingerprint density at radius 2 is 2.00 bits per heavy atom. The van der Waals surface area contributed by atoms with Crippen LogP contribution in [0, 0.1) is 17.2 Å². The number of nitro benzene ring substituents is 1. The van der Waals surface area contributed by atoms with E-state index in [1.165, 1.54) is 6.07 Å². The molecule has 0 aliphatic carbocycles. The number of hydrogen-bond acceptors (Lipinski definition) is 3. The van der Waals surface area contributed by atoms with Gasteiger partial charge in [-0.15, -0.1) is 0 Å². The van der Waals surface area contributed by atoms with E-state index in [0.717, 1.165) is 0 Å². The molecular weight excluding hydrogens is 233 g/mol. The van der Waals surface area contributed by atoms with E-state index in [-0.39, 0.29) is 38.4 Å². The minimum Gasteiger partial charge on any atom is -0.532 e. The minimum atomic E-state index is -0.451. The molecule has 1 aromatic carbocycles. The summed E-state index contributed by atoms with van der Waals surface area (Å²) >= 11 is 0. The van der Waals surface area contributed by atoms with E-state index in [2.05, 4.69) is 12.4 Å². The third-order valence-corrected chi connectivity index (χ3v) is 1.29. The maximum absolute atomic E-state index is 10.3. The first-order chi connectivity index (χ1) is 5.25. The molecule has 0 spiro atoms. The van der Waals surface area contributed by atoms with Crippen LogP contribution in [0.15, 0.2) is 24.3 Å². The molecule has 61 valence electrons. The Morgan fingerprint density at radius 3 is 2.42 bits per heavy atom. The number of hydrogen-bond donors (Lipinski definition) is 1. The molecule has 0 fully saturated rings. The Bertz CT molecular complexity index is 278. The molecule has 0 aromatic heterocycles. The van der Waals surface area contributed by atoms with Gasteiger partial charge in [0.25, 0.3) is 5.69 Å². The van der Waals surface area contributed by atoms with Crippen molar-refractivity contribution in [2.24, 2.45) is 0 Å². The fourth-order valence-electron chi connectivity index (χ4n) is 0.782. The number of nitrogens with one attached hydrogen (secondary N) is 1. The molecule has 1 aromatic rings. The zero-order valence-electron chi connectivity index (χ0n) is 6.36. The summed E-state index contributed by atoms with van der Waals surface area (Å²) in [6.07, 6.45) is 0. The van der Waals surface area contributed by atoms with Gasteiger partial charge in [0.2, 0.25) is 0 Å². The Balaban J connectivity index is 0.00000121. The van der Waals surface area contributed by atoms with Crippen LogP contribution in [-0.4, -0.2) is 4.92 Å². The number of nitro groups is 1. The van der Waals surface area contributed by atoms with Crippen LogP contribution < -0.4 is 5.32 Å². The standard InChI is InChI=1S/C7H7N2O2.Y/c1-8-6-4-2-3-5-7(6)9(10)11;/h2-5,8H,1H2;/q-1;. The van der Waals surface area contributed by atoms with Crippen molar-refractivity contribution in [3.63, 3.8) is 0 Å². The normalized spacial score (nSPS) is 8.42. The molecule has 5 heteroatoms. The fraction of sp³-hybridized carbons (Fsp3) is 0. The third kappa shape index (κ3) is 2.53. The van der Waals surface area contributed by atoms with Crippen LogP contribution in [0.2, 0.25) is 0 Å². The monoisotopic (exact) mass is 240 g/mol. The second-order valence-corrected chi connectivity index (χ2v) is 1.95. The van der Waals surface area contributed by atoms with E-state index >= 15 is 0 Å². The van der Waals surface area contributed by atoms with Crippen LogP contribution in [0.3, 0.4) is 0 Å². The Kier molecular flexibility index (Phi) is 5.01. The van der Waals surface area contributed by atoms with Crippen molar-refractivity contribution in [1.82, 2.24) is 0 Å². The number of benzene rings is 1. The fourth-order valence-corrected chi connectivity index (χ4v) is 0.782. The number of nitrogens with zero attached hydrogens (tertiary/aromatic N) is 1. The van der Waals surface area contributed by atoms with Gasteiger partial charge in [0, 0.05) is 38.8 Å². The molecule has 4 nitrogen and oxygen atoms in total. The molecule has 12 heavy (non-hydrogen) atoms. The largest absolute Gasteiger partial charge is 0.532 e. The van der Waals surface area contributed by atoms with Crippen LogP contribution >= 0.6 is 0 Å².